The first-order valence-corrected chi connectivity index (χ1v) is 10.9. The zero-order valence-electron chi connectivity index (χ0n) is 18.4. The quantitative estimate of drug-likeness (QED) is 0.454. The first-order valence-electron chi connectivity index (χ1n) is 10.9. The van der Waals surface area contributed by atoms with Crippen molar-refractivity contribution in [3.63, 3.8) is 0 Å². The number of pyridine rings is 2. The predicted molar refractivity (Wildman–Crippen MR) is 121 cm³/mol. The minimum absolute atomic E-state index is 0.0288. The van der Waals surface area contributed by atoms with E-state index in [2.05, 4.69) is 4.74 Å². The van der Waals surface area contributed by atoms with Crippen molar-refractivity contribution >= 4 is 22.6 Å². The molecule has 1 aliphatic heterocycles. The standard InChI is InChI=1S/C25H23FN2O5/c1-12-8-20-23-16(10-28(20)24(30)17(12)11-33-25(31)32)21-14(4-3-7-29)5-6-15-13(2)18(26)9-19(27-23)22(15)21/h4,8-9,29H,3,5-7,10-11H2,1-2H3,(H,31,32)/b14-4+. The molecule has 170 valence electrons. The predicted octanol–water partition coefficient (Wildman–Crippen LogP) is 4.09. The van der Waals surface area contributed by atoms with Crippen LogP contribution in [0.5, 0.6) is 0 Å². The number of nitrogens with zero attached hydrogens (tertiary/aromatic N) is 2. The Balaban J connectivity index is 1.79. The molecular weight excluding hydrogens is 427 g/mol. The lowest BCUT2D eigenvalue weighted by atomic mass is 9.81. The van der Waals surface area contributed by atoms with E-state index in [1.54, 1.807) is 18.4 Å². The van der Waals surface area contributed by atoms with Crippen molar-refractivity contribution in [2.45, 2.75) is 46.3 Å². The second kappa shape index (κ2) is 7.81. The van der Waals surface area contributed by atoms with Gasteiger partial charge in [-0.1, -0.05) is 6.08 Å². The average Bonchev–Trinajstić information content (AvgIpc) is 3.14. The molecule has 3 heterocycles. The van der Waals surface area contributed by atoms with Crippen LogP contribution in [0.25, 0.3) is 27.9 Å². The fraction of sp³-hybridized carbons (Fsp3) is 0.320. The van der Waals surface area contributed by atoms with Gasteiger partial charge in [0.2, 0.25) is 0 Å². The number of benzene rings is 1. The maximum atomic E-state index is 14.7. The van der Waals surface area contributed by atoms with Crippen molar-refractivity contribution in [2.75, 3.05) is 6.61 Å². The van der Waals surface area contributed by atoms with Gasteiger partial charge in [0, 0.05) is 23.6 Å². The highest BCUT2D eigenvalue weighted by Gasteiger charge is 2.32. The maximum Gasteiger partial charge on any atom is 0.506 e. The van der Waals surface area contributed by atoms with Crippen molar-refractivity contribution in [3.8, 4) is 11.4 Å². The van der Waals surface area contributed by atoms with E-state index in [1.807, 2.05) is 12.1 Å². The fourth-order valence-electron chi connectivity index (χ4n) is 5.10. The van der Waals surface area contributed by atoms with Gasteiger partial charge in [0.25, 0.3) is 5.56 Å². The van der Waals surface area contributed by atoms with Crippen LogP contribution in [0.15, 0.2) is 23.0 Å². The second-order valence-corrected chi connectivity index (χ2v) is 8.55. The molecule has 2 N–H and O–H groups in total. The minimum Gasteiger partial charge on any atom is -0.450 e. The van der Waals surface area contributed by atoms with Crippen LogP contribution in [-0.2, 0) is 24.3 Å². The molecule has 2 aliphatic rings. The van der Waals surface area contributed by atoms with Crippen molar-refractivity contribution in [3.05, 3.63) is 67.8 Å². The van der Waals surface area contributed by atoms with Gasteiger partial charge in [0.15, 0.2) is 0 Å². The molecule has 7 nitrogen and oxygen atoms in total. The molecule has 0 amide bonds. The maximum absolute atomic E-state index is 14.7. The number of hydrogen-bond donors (Lipinski definition) is 2. The van der Waals surface area contributed by atoms with Crippen LogP contribution in [0.1, 0.15) is 46.2 Å². The number of aryl methyl sites for hydroxylation is 2. The van der Waals surface area contributed by atoms with Crippen LogP contribution in [0, 0.1) is 19.7 Å². The number of aromatic nitrogens is 2. The van der Waals surface area contributed by atoms with E-state index in [-0.39, 0.29) is 36.7 Å². The van der Waals surface area contributed by atoms with Crippen LogP contribution in [0.2, 0.25) is 0 Å². The van der Waals surface area contributed by atoms with Gasteiger partial charge in [0.1, 0.15) is 12.4 Å². The normalized spacial score (nSPS) is 15.1. The Labute approximate surface area is 188 Å². The van der Waals surface area contributed by atoms with E-state index in [0.29, 0.717) is 47.3 Å². The van der Waals surface area contributed by atoms with Gasteiger partial charge >= 0.3 is 6.16 Å². The molecule has 1 aliphatic carbocycles. The molecule has 0 fully saturated rings. The topological polar surface area (TPSA) is 102 Å². The van der Waals surface area contributed by atoms with Gasteiger partial charge in [-0.05, 0) is 67.0 Å². The lowest BCUT2D eigenvalue weighted by molar-refractivity contribution is 0.0848. The van der Waals surface area contributed by atoms with E-state index in [4.69, 9.17) is 10.1 Å². The summed E-state index contributed by atoms with van der Waals surface area (Å²) in [6.07, 6.45) is 2.48. The van der Waals surface area contributed by atoms with Gasteiger partial charge in [-0.3, -0.25) is 4.79 Å². The van der Waals surface area contributed by atoms with Crippen LogP contribution in [0.3, 0.4) is 0 Å². The summed E-state index contributed by atoms with van der Waals surface area (Å²) < 4.78 is 21.0. The number of allylic oxidation sites excluding steroid dienone is 1. The van der Waals surface area contributed by atoms with Gasteiger partial charge in [-0.2, -0.15) is 0 Å². The molecule has 2 aromatic heterocycles. The number of fused-ring (bicyclic) bond motifs is 4. The zero-order chi connectivity index (χ0) is 23.4. The molecule has 0 saturated heterocycles. The average molecular weight is 450 g/mol. The summed E-state index contributed by atoms with van der Waals surface area (Å²) in [4.78, 5) is 28.9. The van der Waals surface area contributed by atoms with E-state index < -0.39 is 6.16 Å². The Bertz CT molecular complexity index is 1440. The summed E-state index contributed by atoms with van der Waals surface area (Å²) in [5.41, 5.74) is 6.87. The molecule has 3 aromatic rings. The molecule has 0 radical (unpaired) electrons. The van der Waals surface area contributed by atoms with Crippen molar-refractivity contribution in [1.29, 1.82) is 0 Å². The molecule has 0 unspecified atom stereocenters. The van der Waals surface area contributed by atoms with Gasteiger partial charge in [0.05, 0.1) is 29.0 Å². The first kappa shape index (κ1) is 21.3. The van der Waals surface area contributed by atoms with Crippen LogP contribution in [0.4, 0.5) is 9.18 Å². The summed E-state index contributed by atoms with van der Waals surface area (Å²) >= 11 is 0. The third kappa shape index (κ3) is 3.24. The van der Waals surface area contributed by atoms with Crippen LogP contribution >= 0.6 is 0 Å². The molecule has 33 heavy (non-hydrogen) atoms. The van der Waals surface area contributed by atoms with E-state index >= 15 is 0 Å². The molecule has 1 aromatic carbocycles. The first-order chi connectivity index (χ1) is 15.8. The van der Waals surface area contributed by atoms with E-state index in [0.717, 1.165) is 27.6 Å². The lowest BCUT2D eigenvalue weighted by Gasteiger charge is -2.24. The molecule has 0 saturated carbocycles. The number of ether oxygens (including phenoxy) is 1. The number of hydrogen-bond acceptors (Lipinski definition) is 5. The summed E-state index contributed by atoms with van der Waals surface area (Å²) in [6, 6.07) is 3.26. The second-order valence-electron chi connectivity index (χ2n) is 8.55. The molecule has 0 spiro atoms. The number of aliphatic hydroxyl groups is 1. The summed E-state index contributed by atoms with van der Waals surface area (Å²) in [6.45, 7) is 3.50. The number of halogens is 1. The van der Waals surface area contributed by atoms with E-state index in [1.165, 1.54) is 6.07 Å². The van der Waals surface area contributed by atoms with Gasteiger partial charge < -0.3 is 19.5 Å². The Kier molecular flexibility index (Phi) is 5.05. The van der Waals surface area contributed by atoms with Crippen molar-refractivity contribution in [2.24, 2.45) is 0 Å². The number of rotatable bonds is 4. The molecule has 8 heteroatoms. The molecule has 5 rings (SSSR count). The number of aliphatic hydroxyl groups excluding tert-OH is 1. The third-order valence-corrected chi connectivity index (χ3v) is 6.71. The minimum atomic E-state index is -1.44. The van der Waals surface area contributed by atoms with Gasteiger partial charge in [-0.25, -0.2) is 14.2 Å². The number of carboxylic acid groups (broad SMARTS) is 1. The molecule has 0 atom stereocenters. The van der Waals surface area contributed by atoms with E-state index in [9.17, 15) is 19.1 Å². The highest BCUT2D eigenvalue weighted by Crippen LogP contribution is 2.45. The van der Waals surface area contributed by atoms with Crippen LogP contribution < -0.4 is 5.56 Å². The lowest BCUT2D eigenvalue weighted by Crippen LogP contribution is -2.25. The Hall–Kier alpha value is -3.52. The van der Waals surface area contributed by atoms with Gasteiger partial charge in [-0.15, -0.1) is 0 Å². The summed E-state index contributed by atoms with van der Waals surface area (Å²) in [5, 5.41) is 19.1. The monoisotopic (exact) mass is 450 g/mol. The zero-order valence-corrected chi connectivity index (χ0v) is 18.4. The third-order valence-electron chi connectivity index (χ3n) is 6.71. The summed E-state index contributed by atoms with van der Waals surface area (Å²) in [5.74, 6) is -0.300. The van der Waals surface area contributed by atoms with Crippen molar-refractivity contribution in [1.82, 2.24) is 9.55 Å². The largest absolute Gasteiger partial charge is 0.506 e. The van der Waals surface area contributed by atoms with Crippen molar-refractivity contribution < 1.29 is 24.1 Å². The molecular formula is C25H23FN2O5. The highest BCUT2D eigenvalue weighted by molar-refractivity contribution is 6.00. The smallest absolute Gasteiger partial charge is 0.450 e. The molecule has 0 bridgehead atoms. The highest BCUT2D eigenvalue weighted by atomic mass is 19.1. The fourth-order valence-corrected chi connectivity index (χ4v) is 5.10. The van der Waals surface area contributed by atoms with Crippen LogP contribution in [-0.4, -0.2) is 32.5 Å². The number of carbonyl (C=O) groups is 1. The Morgan fingerprint density at radius 1 is 1.27 bits per heavy atom. The Morgan fingerprint density at radius 2 is 2.06 bits per heavy atom. The SMILES string of the molecule is Cc1cc2n(c(=O)c1COC(=O)O)Cc1c-2nc2cc(F)c(C)c3c2c1/C(=C/CCO)CC3. The Morgan fingerprint density at radius 3 is 2.79 bits per heavy atom. The summed E-state index contributed by atoms with van der Waals surface area (Å²) in [7, 11) is 0.